The average molecular weight is 622 g/mol. The normalized spacial score (nSPS) is 12.8. The van der Waals surface area contributed by atoms with Gasteiger partial charge in [-0.05, 0) is 45.9 Å². The molecule has 0 saturated carbocycles. The first-order chi connectivity index (χ1) is 23.7. The van der Waals surface area contributed by atoms with Gasteiger partial charge >= 0.3 is 0 Å². The second-order valence-electron chi connectivity index (χ2n) is 11.8. The van der Waals surface area contributed by atoms with E-state index in [1.54, 1.807) is 16.7 Å². The highest BCUT2D eigenvalue weighted by Crippen LogP contribution is 2.54. The maximum absolute atomic E-state index is 15.1. The van der Waals surface area contributed by atoms with Crippen molar-refractivity contribution in [2.45, 2.75) is 6.42 Å². The fourth-order valence-corrected chi connectivity index (χ4v) is 6.91. The summed E-state index contributed by atoms with van der Waals surface area (Å²) in [6, 6.07) is 41.2. The van der Waals surface area contributed by atoms with Crippen LogP contribution < -0.4 is 16.0 Å². The molecule has 0 atom stereocenters. The summed E-state index contributed by atoms with van der Waals surface area (Å²) < 4.78 is 1.74. The van der Waals surface area contributed by atoms with Gasteiger partial charge in [-0.1, -0.05) is 140 Å². The van der Waals surface area contributed by atoms with Gasteiger partial charge in [0, 0.05) is 28.8 Å². The van der Waals surface area contributed by atoms with Gasteiger partial charge in [-0.25, -0.2) is 4.98 Å². The van der Waals surface area contributed by atoms with Crippen LogP contribution in [0.15, 0.2) is 146 Å². The van der Waals surface area contributed by atoms with Gasteiger partial charge in [0.05, 0.1) is 16.3 Å². The molecule has 48 heavy (non-hydrogen) atoms. The molecule has 0 bridgehead atoms. The van der Waals surface area contributed by atoms with Crippen molar-refractivity contribution in [2.24, 2.45) is 0 Å². The lowest BCUT2D eigenvalue weighted by molar-refractivity contribution is -0.117. The highest BCUT2D eigenvalue weighted by atomic mass is 16.2. The lowest BCUT2D eigenvalue weighted by atomic mass is 9.77. The molecule has 8 rings (SSSR count). The van der Waals surface area contributed by atoms with Gasteiger partial charge in [0.15, 0.2) is 0 Å². The Balaban J connectivity index is 1.53. The molecule has 0 spiro atoms. The van der Waals surface area contributed by atoms with E-state index in [-0.39, 0.29) is 11.8 Å². The van der Waals surface area contributed by atoms with E-state index in [1.807, 2.05) is 72.8 Å². The molecule has 1 amide bonds. The van der Waals surface area contributed by atoms with E-state index in [9.17, 15) is 4.79 Å². The maximum Gasteiger partial charge on any atom is 0.265 e. The van der Waals surface area contributed by atoms with Gasteiger partial charge in [-0.2, -0.15) is 0 Å². The zero-order valence-corrected chi connectivity index (χ0v) is 26.2. The van der Waals surface area contributed by atoms with Crippen molar-refractivity contribution >= 4 is 24.0 Å². The van der Waals surface area contributed by atoms with E-state index < -0.39 is 0 Å². The first-order valence-corrected chi connectivity index (χ1v) is 16.1. The Hall–Kier alpha value is -6.33. The van der Waals surface area contributed by atoms with E-state index in [1.165, 1.54) is 0 Å². The van der Waals surface area contributed by atoms with Crippen molar-refractivity contribution in [1.82, 2.24) is 14.9 Å². The monoisotopic (exact) mass is 621 g/mol. The van der Waals surface area contributed by atoms with Crippen LogP contribution in [0.1, 0.15) is 16.8 Å². The standard InChI is InChI=1S/C43H31N3O2/c1-2-27-44-42(47)32-23-25-33-34(26-24-32)46-41(45-33)39-37(30-19-11-5-12-20-30)35(28-15-7-3-8-16-28)36(29-17-9-4-10-18-29)38(40(39)43(46)48)31-21-13-6-14-22-31/h2-22,24-26H,1,23,27H2,(H,44,47). The van der Waals surface area contributed by atoms with Crippen molar-refractivity contribution in [3.63, 3.8) is 0 Å². The SMILES string of the molecule is C=CCNC(=O)C1=CC=c2c(nc3n2C(=O)c2c(-c4ccccc4)c(-c4ccccc4)c(-c4ccccc4)c(-c4ccccc4)c2-3)=CC1. The zero-order valence-electron chi connectivity index (χ0n) is 26.2. The van der Waals surface area contributed by atoms with E-state index in [4.69, 9.17) is 4.98 Å². The molecule has 1 N–H and O–H groups in total. The third-order valence-electron chi connectivity index (χ3n) is 8.99. The van der Waals surface area contributed by atoms with Crippen LogP contribution in [-0.2, 0) is 4.79 Å². The topological polar surface area (TPSA) is 64.0 Å². The van der Waals surface area contributed by atoms with Gasteiger partial charge in [0.2, 0.25) is 5.91 Å². The Morgan fingerprint density at radius 1 is 0.667 bits per heavy atom. The summed E-state index contributed by atoms with van der Waals surface area (Å²) >= 11 is 0. The predicted octanol–water partition coefficient (Wildman–Crippen LogP) is 7.41. The number of rotatable bonds is 7. The van der Waals surface area contributed by atoms with Crippen molar-refractivity contribution in [1.29, 1.82) is 0 Å². The lowest BCUT2D eigenvalue weighted by Crippen LogP contribution is -2.32. The third kappa shape index (κ3) is 4.76. The molecular formula is C43H31N3O2. The van der Waals surface area contributed by atoms with Gasteiger partial charge < -0.3 is 5.32 Å². The van der Waals surface area contributed by atoms with Crippen LogP contribution >= 0.6 is 0 Å². The van der Waals surface area contributed by atoms with Crippen LogP contribution in [0.5, 0.6) is 0 Å². The van der Waals surface area contributed by atoms with Gasteiger partial charge in [0.25, 0.3) is 5.91 Å². The van der Waals surface area contributed by atoms with Crippen molar-refractivity contribution in [3.05, 3.63) is 162 Å². The van der Waals surface area contributed by atoms with Crippen LogP contribution in [0.25, 0.3) is 68.0 Å². The van der Waals surface area contributed by atoms with Gasteiger partial charge in [-0.3, -0.25) is 14.2 Å². The smallest absolute Gasteiger partial charge is 0.265 e. The molecule has 0 fully saturated rings. The first-order valence-electron chi connectivity index (χ1n) is 16.1. The molecule has 0 unspecified atom stereocenters. The Bertz CT molecular complexity index is 2390. The quantitative estimate of drug-likeness (QED) is 0.189. The van der Waals surface area contributed by atoms with Crippen molar-refractivity contribution in [3.8, 4) is 55.9 Å². The number of hydrogen-bond acceptors (Lipinski definition) is 3. The summed E-state index contributed by atoms with van der Waals surface area (Å²) in [5.74, 6) is 0.300. The number of benzene rings is 5. The molecule has 1 aliphatic heterocycles. The summed E-state index contributed by atoms with van der Waals surface area (Å²) in [5.41, 5.74) is 9.91. The third-order valence-corrected chi connectivity index (χ3v) is 8.99. The minimum Gasteiger partial charge on any atom is -0.349 e. The van der Waals surface area contributed by atoms with E-state index in [0.29, 0.717) is 40.6 Å². The lowest BCUT2D eigenvalue weighted by Gasteiger charge is -2.24. The molecule has 230 valence electrons. The number of imidazole rings is 1. The number of nitrogens with one attached hydrogen (secondary N) is 1. The van der Waals surface area contributed by atoms with Gasteiger partial charge in [0.1, 0.15) is 5.82 Å². The van der Waals surface area contributed by atoms with Crippen LogP contribution in [-0.4, -0.2) is 27.9 Å². The average Bonchev–Trinajstić information content (AvgIpc) is 3.55. The first kappa shape index (κ1) is 29.1. The number of carbonyl (C=O) groups is 2. The Morgan fingerprint density at radius 3 is 1.60 bits per heavy atom. The largest absolute Gasteiger partial charge is 0.349 e. The fourth-order valence-electron chi connectivity index (χ4n) is 6.91. The highest BCUT2D eigenvalue weighted by molar-refractivity contribution is 6.22. The van der Waals surface area contributed by atoms with Crippen molar-refractivity contribution < 1.29 is 9.59 Å². The van der Waals surface area contributed by atoms with Gasteiger partial charge in [-0.15, -0.1) is 6.58 Å². The molecule has 0 saturated heterocycles. The molecule has 2 heterocycles. The minimum absolute atomic E-state index is 0.140. The summed E-state index contributed by atoms with van der Waals surface area (Å²) in [7, 11) is 0. The molecule has 1 aromatic heterocycles. The second-order valence-corrected chi connectivity index (χ2v) is 11.8. The van der Waals surface area contributed by atoms with Crippen molar-refractivity contribution in [2.75, 3.05) is 6.54 Å². The molecular weight excluding hydrogens is 590 g/mol. The van der Waals surface area contributed by atoms with Crippen LogP contribution in [0, 0.1) is 0 Å². The van der Waals surface area contributed by atoms with Crippen LogP contribution in [0.3, 0.4) is 0 Å². The second kappa shape index (κ2) is 12.1. The fraction of sp³-hybridized carbons (Fsp3) is 0.0465. The number of carbonyl (C=O) groups excluding carboxylic acids is 2. The molecule has 1 aliphatic carbocycles. The van der Waals surface area contributed by atoms with E-state index in [2.05, 4.69) is 72.6 Å². The molecule has 5 aromatic carbocycles. The number of nitrogens with zero attached hydrogens (tertiary/aromatic N) is 2. The summed E-state index contributed by atoms with van der Waals surface area (Å²) in [4.78, 5) is 33.1. The number of amides is 1. The number of hydrogen-bond donors (Lipinski definition) is 1. The van der Waals surface area contributed by atoms with Crippen LogP contribution in [0.2, 0.25) is 0 Å². The Kier molecular flexibility index (Phi) is 7.35. The maximum atomic E-state index is 15.1. The summed E-state index contributed by atoms with van der Waals surface area (Å²) in [6.07, 6.45) is 7.63. The summed E-state index contributed by atoms with van der Waals surface area (Å²) in [6.45, 7) is 4.07. The molecule has 5 nitrogen and oxygen atoms in total. The van der Waals surface area contributed by atoms with Crippen LogP contribution in [0.4, 0.5) is 0 Å². The van der Waals surface area contributed by atoms with E-state index >= 15 is 4.79 Å². The molecule has 0 radical (unpaired) electrons. The number of allylic oxidation sites excluding steroid dienone is 1. The molecule has 5 heteroatoms. The predicted molar refractivity (Wildman–Crippen MR) is 193 cm³/mol. The molecule has 2 aliphatic rings. The number of fused-ring (bicyclic) bond motifs is 5. The zero-order chi connectivity index (χ0) is 32.6. The highest BCUT2D eigenvalue weighted by Gasteiger charge is 2.39. The molecule has 6 aromatic rings. The number of aromatic nitrogens is 2. The summed E-state index contributed by atoms with van der Waals surface area (Å²) in [5, 5.41) is 4.21. The minimum atomic E-state index is -0.165. The Labute approximate surface area is 278 Å². The van der Waals surface area contributed by atoms with E-state index in [0.717, 1.165) is 50.1 Å². The Morgan fingerprint density at radius 2 is 1.12 bits per heavy atom.